The van der Waals surface area contributed by atoms with Crippen LogP contribution in [-0.4, -0.2) is 21.7 Å². The molecule has 1 heterocycles. The first-order valence-corrected chi connectivity index (χ1v) is 12.9. The van der Waals surface area contributed by atoms with Crippen molar-refractivity contribution in [3.63, 3.8) is 0 Å². The topological polar surface area (TPSA) is 73.2 Å². The van der Waals surface area contributed by atoms with Gasteiger partial charge in [-0.15, -0.1) is 0 Å². The molecule has 0 atom stereocenters. The smallest absolute Gasteiger partial charge is 0.309 e. The van der Waals surface area contributed by atoms with Gasteiger partial charge in [0.25, 0.3) is 5.91 Å². The minimum absolute atomic E-state index is 0.233. The molecule has 1 aromatic heterocycles. The van der Waals surface area contributed by atoms with Gasteiger partial charge in [0.1, 0.15) is 11.5 Å². The SMILES string of the molecule is CC(=O)Oc1c(-c2ccc(NC(=O)c3cccc(Cl)c3)cc2)c(-c2ccc(F)cc2)nn1-c1cc(C)ccc1C. The third-order valence-corrected chi connectivity index (χ3v) is 6.55. The third-order valence-electron chi connectivity index (χ3n) is 6.31. The third kappa shape index (κ3) is 5.65. The van der Waals surface area contributed by atoms with Crippen LogP contribution >= 0.6 is 11.6 Å². The van der Waals surface area contributed by atoms with E-state index in [4.69, 9.17) is 21.4 Å². The van der Waals surface area contributed by atoms with Crippen LogP contribution in [0.5, 0.6) is 5.88 Å². The number of nitrogens with zero attached hydrogens (tertiary/aromatic N) is 2. The van der Waals surface area contributed by atoms with Crippen molar-refractivity contribution in [2.45, 2.75) is 20.8 Å². The average molecular weight is 554 g/mol. The quantitative estimate of drug-likeness (QED) is 0.218. The molecule has 8 heteroatoms. The van der Waals surface area contributed by atoms with E-state index in [1.54, 1.807) is 65.3 Å². The fraction of sp³-hybridized carbons (Fsp3) is 0.0938. The molecule has 0 unspecified atom stereocenters. The van der Waals surface area contributed by atoms with Gasteiger partial charge >= 0.3 is 5.97 Å². The van der Waals surface area contributed by atoms with E-state index in [9.17, 15) is 14.0 Å². The van der Waals surface area contributed by atoms with E-state index in [0.717, 1.165) is 16.8 Å². The van der Waals surface area contributed by atoms with Crippen LogP contribution in [-0.2, 0) is 4.79 Å². The van der Waals surface area contributed by atoms with Crippen molar-refractivity contribution in [1.29, 1.82) is 0 Å². The van der Waals surface area contributed by atoms with Crippen LogP contribution < -0.4 is 10.1 Å². The Morgan fingerprint density at radius 2 is 1.60 bits per heavy atom. The Morgan fingerprint density at radius 3 is 2.27 bits per heavy atom. The van der Waals surface area contributed by atoms with Gasteiger partial charge in [-0.3, -0.25) is 9.59 Å². The van der Waals surface area contributed by atoms with E-state index >= 15 is 0 Å². The molecule has 0 aliphatic carbocycles. The first-order chi connectivity index (χ1) is 19.2. The van der Waals surface area contributed by atoms with Crippen LogP contribution in [0.1, 0.15) is 28.4 Å². The lowest BCUT2D eigenvalue weighted by Crippen LogP contribution is -2.11. The average Bonchev–Trinajstić information content (AvgIpc) is 3.29. The van der Waals surface area contributed by atoms with Crippen molar-refractivity contribution >= 4 is 29.2 Å². The molecule has 0 fully saturated rings. The number of ether oxygens (including phenoxy) is 1. The molecule has 5 aromatic rings. The predicted octanol–water partition coefficient (Wildman–Crippen LogP) is 7.79. The number of nitrogens with one attached hydrogen (secondary N) is 1. The summed E-state index contributed by atoms with van der Waals surface area (Å²) < 4.78 is 21.2. The monoisotopic (exact) mass is 553 g/mol. The second-order valence-electron chi connectivity index (χ2n) is 9.37. The molecule has 0 aliphatic heterocycles. The van der Waals surface area contributed by atoms with E-state index in [1.807, 2.05) is 32.0 Å². The molecule has 5 rings (SSSR count). The lowest BCUT2D eigenvalue weighted by atomic mass is 10.0. The van der Waals surface area contributed by atoms with Crippen molar-refractivity contribution in [1.82, 2.24) is 9.78 Å². The molecule has 0 radical (unpaired) electrons. The Labute approximate surface area is 236 Å². The summed E-state index contributed by atoms with van der Waals surface area (Å²) in [6.45, 7) is 5.25. The maximum atomic E-state index is 13.8. The van der Waals surface area contributed by atoms with Crippen LogP contribution in [0.4, 0.5) is 10.1 Å². The van der Waals surface area contributed by atoms with E-state index in [1.165, 1.54) is 19.1 Å². The van der Waals surface area contributed by atoms with E-state index in [0.29, 0.717) is 38.7 Å². The zero-order valence-corrected chi connectivity index (χ0v) is 22.8. The van der Waals surface area contributed by atoms with Gasteiger partial charge < -0.3 is 10.1 Å². The number of rotatable bonds is 6. The highest BCUT2D eigenvalue weighted by Gasteiger charge is 2.25. The van der Waals surface area contributed by atoms with Crippen molar-refractivity contribution in [3.8, 4) is 34.0 Å². The Balaban J connectivity index is 1.63. The standard InChI is InChI=1S/C32H25ClFN3O3/c1-19-7-8-20(2)28(17-19)37-32(40-21(3)38)29(30(36-37)23-9-13-26(34)14-10-23)22-11-15-27(16-12-22)35-31(39)24-5-4-6-25(33)18-24/h4-18H,1-3H3,(H,35,39). The summed E-state index contributed by atoms with van der Waals surface area (Å²) in [7, 11) is 0. The minimum atomic E-state index is -0.510. The summed E-state index contributed by atoms with van der Waals surface area (Å²) in [5.41, 5.74) is 6.07. The number of anilines is 1. The maximum Gasteiger partial charge on any atom is 0.309 e. The maximum absolute atomic E-state index is 13.8. The van der Waals surface area contributed by atoms with Crippen molar-refractivity contribution < 1.29 is 18.7 Å². The van der Waals surface area contributed by atoms with E-state index in [-0.39, 0.29) is 17.6 Å². The van der Waals surface area contributed by atoms with Gasteiger partial charge in [0, 0.05) is 28.8 Å². The zero-order chi connectivity index (χ0) is 28.4. The number of hydrogen-bond donors (Lipinski definition) is 1. The molecule has 6 nitrogen and oxygen atoms in total. The summed E-state index contributed by atoms with van der Waals surface area (Å²) in [5, 5.41) is 8.20. The summed E-state index contributed by atoms with van der Waals surface area (Å²) in [6.07, 6.45) is 0. The molecule has 0 saturated heterocycles. The summed E-state index contributed by atoms with van der Waals surface area (Å²) in [4.78, 5) is 25.0. The molecule has 0 aliphatic rings. The van der Waals surface area contributed by atoms with Crippen LogP contribution in [0.15, 0.2) is 91.0 Å². The Kier molecular flexibility index (Phi) is 7.49. The summed E-state index contributed by atoms with van der Waals surface area (Å²) >= 11 is 6.03. The predicted molar refractivity (Wildman–Crippen MR) is 155 cm³/mol. The number of aromatic nitrogens is 2. The number of esters is 1. The van der Waals surface area contributed by atoms with Gasteiger partial charge in [0.05, 0.1) is 11.3 Å². The van der Waals surface area contributed by atoms with E-state index in [2.05, 4.69) is 5.32 Å². The molecule has 200 valence electrons. The number of hydrogen-bond acceptors (Lipinski definition) is 4. The molecular formula is C32H25ClFN3O3. The number of halogens is 2. The fourth-order valence-corrected chi connectivity index (χ4v) is 4.56. The highest BCUT2D eigenvalue weighted by Crippen LogP contribution is 2.41. The summed E-state index contributed by atoms with van der Waals surface area (Å²) in [5.74, 6) is -0.954. The normalized spacial score (nSPS) is 10.8. The van der Waals surface area contributed by atoms with Crippen LogP contribution in [0.25, 0.3) is 28.1 Å². The second-order valence-corrected chi connectivity index (χ2v) is 9.81. The molecule has 0 spiro atoms. The molecule has 4 aromatic carbocycles. The number of aryl methyl sites for hydroxylation is 2. The number of carbonyl (C=O) groups excluding carboxylic acids is 2. The van der Waals surface area contributed by atoms with Crippen LogP contribution in [0.2, 0.25) is 5.02 Å². The highest BCUT2D eigenvalue weighted by atomic mass is 35.5. The van der Waals surface area contributed by atoms with Crippen molar-refractivity contribution in [3.05, 3.63) is 119 Å². The molecule has 0 bridgehead atoms. The second kappa shape index (κ2) is 11.2. The fourth-order valence-electron chi connectivity index (χ4n) is 4.37. The van der Waals surface area contributed by atoms with Gasteiger partial charge in [-0.1, -0.05) is 41.9 Å². The van der Waals surface area contributed by atoms with Gasteiger partial charge in [-0.2, -0.15) is 9.78 Å². The number of amides is 1. The van der Waals surface area contributed by atoms with Crippen molar-refractivity contribution in [2.24, 2.45) is 0 Å². The molecule has 1 amide bonds. The Bertz CT molecular complexity index is 1730. The Morgan fingerprint density at radius 1 is 0.900 bits per heavy atom. The number of carbonyl (C=O) groups is 2. The van der Waals surface area contributed by atoms with Gasteiger partial charge in [0.15, 0.2) is 0 Å². The largest absolute Gasteiger partial charge is 0.407 e. The zero-order valence-electron chi connectivity index (χ0n) is 22.0. The Hall–Kier alpha value is -4.75. The van der Waals surface area contributed by atoms with Crippen LogP contribution in [0, 0.1) is 19.7 Å². The van der Waals surface area contributed by atoms with E-state index < -0.39 is 5.97 Å². The first kappa shape index (κ1) is 26.8. The van der Waals surface area contributed by atoms with Gasteiger partial charge in [-0.05, 0) is 91.2 Å². The van der Waals surface area contributed by atoms with Gasteiger partial charge in [0.2, 0.25) is 5.88 Å². The molecule has 1 N–H and O–H groups in total. The molecule has 0 saturated carbocycles. The lowest BCUT2D eigenvalue weighted by molar-refractivity contribution is -0.132. The lowest BCUT2D eigenvalue weighted by Gasteiger charge is -2.12. The van der Waals surface area contributed by atoms with Gasteiger partial charge in [-0.25, -0.2) is 4.39 Å². The highest BCUT2D eigenvalue weighted by molar-refractivity contribution is 6.31. The first-order valence-electron chi connectivity index (χ1n) is 12.5. The molecule has 40 heavy (non-hydrogen) atoms. The number of benzene rings is 4. The van der Waals surface area contributed by atoms with Crippen molar-refractivity contribution in [2.75, 3.05) is 5.32 Å². The molecular weight excluding hydrogens is 529 g/mol. The van der Waals surface area contributed by atoms with Crippen LogP contribution in [0.3, 0.4) is 0 Å². The summed E-state index contributed by atoms with van der Waals surface area (Å²) in [6, 6.07) is 25.7. The minimum Gasteiger partial charge on any atom is -0.407 e.